The lowest BCUT2D eigenvalue weighted by molar-refractivity contribution is 0.676. The van der Waals surface area contributed by atoms with Crippen LogP contribution in [0.15, 0.2) is 30.3 Å². The van der Waals surface area contributed by atoms with E-state index in [2.05, 4.69) is 37.5 Å². The van der Waals surface area contributed by atoms with Crippen molar-refractivity contribution in [2.45, 2.75) is 13.1 Å². The largest absolute Gasteiger partial charge is 0.357 e. The summed E-state index contributed by atoms with van der Waals surface area (Å²) in [6.45, 7) is 1.49. The van der Waals surface area contributed by atoms with E-state index < -0.39 is 0 Å². The van der Waals surface area contributed by atoms with E-state index in [1.807, 2.05) is 32.3 Å². The highest BCUT2D eigenvalue weighted by molar-refractivity contribution is 5.27. The topological polar surface area (TPSA) is 54.8 Å². The number of aromatic nitrogens is 3. The molecule has 0 aliphatic heterocycles. The molecule has 2 rings (SSSR count). The smallest absolute Gasteiger partial charge is 0.224 e. The quantitative estimate of drug-likeness (QED) is 0.808. The highest BCUT2D eigenvalue weighted by Gasteiger charge is 2.10. The highest BCUT2D eigenvalue weighted by atomic mass is 15.3. The van der Waals surface area contributed by atoms with E-state index in [0.717, 1.165) is 18.3 Å². The molecular weight excluding hydrogens is 214 g/mol. The molecule has 17 heavy (non-hydrogen) atoms. The standard InChI is InChI=1S/C12H17N5/c1-13-8-11-15-16-12(14-2)17(11)9-10-6-4-3-5-7-10/h3-7,13H,8-9H2,1-2H3,(H,14,16). The Balaban J connectivity index is 2.26. The molecule has 2 aromatic rings. The molecule has 5 nitrogen and oxygen atoms in total. The fourth-order valence-electron chi connectivity index (χ4n) is 1.74. The zero-order valence-electron chi connectivity index (χ0n) is 10.1. The first kappa shape index (κ1) is 11.6. The Morgan fingerprint density at radius 1 is 1.12 bits per heavy atom. The molecule has 0 atom stereocenters. The van der Waals surface area contributed by atoms with Crippen LogP contribution in [0, 0.1) is 0 Å². The lowest BCUT2D eigenvalue weighted by Crippen LogP contribution is -2.14. The van der Waals surface area contributed by atoms with Crippen molar-refractivity contribution in [1.29, 1.82) is 0 Å². The second kappa shape index (κ2) is 5.45. The average Bonchev–Trinajstić information content (AvgIpc) is 2.74. The van der Waals surface area contributed by atoms with E-state index in [0.29, 0.717) is 6.54 Å². The van der Waals surface area contributed by atoms with Gasteiger partial charge >= 0.3 is 0 Å². The van der Waals surface area contributed by atoms with Crippen LogP contribution in [0.2, 0.25) is 0 Å². The fraction of sp³-hybridized carbons (Fsp3) is 0.333. The molecule has 90 valence electrons. The zero-order valence-corrected chi connectivity index (χ0v) is 10.1. The Bertz CT molecular complexity index is 463. The molecule has 0 spiro atoms. The molecule has 0 bridgehead atoms. The Kier molecular flexibility index (Phi) is 3.72. The Hall–Kier alpha value is -1.88. The molecule has 0 saturated heterocycles. The molecule has 5 heteroatoms. The molecule has 0 aliphatic rings. The number of nitrogens with one attached hydrogen (secondary N) is 2. The minimum absolute atomic E-state index is 0.710. The summed E-state index contributed by atoms with van der Waals surface area (Å²) in [5.74, 6) is 1.72. The monoisotopic (exact) mass is 231 g/mol. The maximum Gasteiger partial charge on any atom is 0.224 e. The van der Waals surface area contributed by atoms with Gasteiger partial charge in [-0.15, -0.1) is 10.2 Å². The van der Waals surface area contributed by atoms with Gasteiger partial charge in [0.25, 0.3) is 0 Å². The van der Waals surface area contributed by atoms with Gasteiger partial charge in [0.15, 0.2) is 0 Å². The highest BCUT2D eigenvalue weighted by Crippen LogP contribution is 2.11. The lowest BCUT2D eigenvalue weighted by atomic mass is 10.2. The van der Waals surface area contributed by atoms with E-state index in [1.54, 1.807) is 0 Å². The maximum atomic E-state index is 4.16. The molecule has 0 aliphatic carbocycles. The normalized spacial score (nSPS) is 10.5. The summed E-state index contributed by atoms with van der Waals surface area (Å²) < 4.78 is 2.08. The molecule has 1 heterocycles. The second-order valence-corrected chi connectivity index (χ2v) is 3.79. The van der Waals surface area contributed by atoms with Crippen LogP contribution in [-0.4, -0.2) is 28.9 Å². The summed E-state index contributed by atoms with van der Waals surface area (Å²) >= 11 is 0. The van der Waals surface area contributed by atoms with Crippen molar-refractivity contribution < 1.29 is 0 Å². The van der Waals surface area contributed by atoms with Gasteiger partial charge in [0.1, 0.15) is 5.82 Å². The van der Waals surface area contributed by atoms with Crippen molar-refractivity contribution >= 4 is 5.95 Å². The van der Waals surface area contributed by atoms with Crippen LogP contribution in [0.3, 0.4) is 0 Å². The maximum absolute atomic E-state index is 4.16. The Morgan fingerprint density at radius 3 is 2.53 bits per heavy atom. The van der Waals surface area contributed by atoms with Gasteiger partial charge in [-0.05, 0) is 12.6 Å². The molecule has 0 amide bonds. The minimum Gasteiger partial charge on any atom is -0.357 e. The van der Waals surface area contributed by atoms with Crippen molar-refractivity contribution in [3.63, 3.8) is 0 Å². The van der Waals surface area contributed by atoms with Crippen molar-refractivity contribution in [2.24, 2.45) is 0 Å². The van der Waals surface area contributed by atoms with Gasteiger partial charge in [0.05, 0.1) is 13.1 Å². The van der Waals surface area contributed by atoms with Crippen LogP contribution < -0.4 is 10.6 Å². The Morgan fingerprint density at radius 2 is 1.88 bits per heavy atom. The van der Waals surface area contributed by atoms with Crippen molar-refractivity contribution in [3.05, 3.63) is 41.7 Å². The summed E-state index contributed by atoms with van der Waals surface area (Å²) in [5, 5.41) is 14.4. The van der Waals surface area contributed by atoms with Crippen LogP contribution >= 0.6 is 0 Å². The van der Waals surface area contributed by atoms with E-state index in [1.165, 1.54) is 5.56 Å². The summed E-state index contributed by atoms with van der Waals surface area (Å²) in [7, 11) is 3.76. The second-order valence-electron chi connectivity index (χ2n) is 3.79. The summed E-state index contributed by atoms with van der Waals surface area (Å²) in [5.41, 5.74) is 1.24. The van der Waals surface area contributed by atoms with Gasteiger partial charge < -0.3 is 10.6 Å². The van der Waals surface area contributed by atoms with E-state index in [4.69, 9.17) is 0 Å². The van der Waals surface area contributed by atoms with Crippen molar-refractivity contribution in [3.8, 4) is 0 Å². The van der Waals surface area contributed by atoms with E-state index in [-0.39, 0.29) is 0 Å². The molecular formula is C12H17N5. The SMILES string of the molecule is CNCc1nnc(NC)n1Cc1ccccc1. The minimum atomic E-state index is 0.710. The van der Waals surface area contributed by atoms with Gasteiger partial charge in [-0.2, -0.15) is 0 Å². The van der Waals surface area contributed by atoms with Crippen LogP contribution in [0.5, 0.6) is 0 Å². The summed E-state index contributed by atoms with van der Waals surface area (Å²) in [4.78, 5) is 0. The number of hydrogen-bond acceptors (Lipinski definition) is 4. The molecule has 0 saturated carbocycles. The Labute approximate surface area is 101 Å². The lowest BCUT2D eigenvalue weighted by Gasteiger charge is -2.09. The van der Waals surface area contributed by atoms with Crippen molar-refractivity contribution in [1.82, 2.24) is 20.1 Å². The zero-order chi connectivity index (χ0) is 12.1. The van der Waals surface area contributed by atoms with Gasteiger partial charge in [-0.1, -0.05) is 30.3 Å². The molecule has 1 aromatic carbocycles. The van der Waals surface area contributed by atoms with Crippen LogP contribution in [0.25, 0.3) is 0 Å². The molecule has 0 radical (unpaired) electrons. The fourth-order valence-corrected chi connectivity index (χ4v) is 1.74. The summed E-state index contributed by atoms with van der Waals surface area (Å²) in [6.07, 6.45) is 0. The molecule has 0 unspecified atom stereocenters. The molecule has 1 aromatic heterocycles. The number of benzene rings is 1. The average molecular weight is 231 g/mol. The van der Waals surface area contributed by atoms with Gasteiger partial charge in [-0.25, -0.2) is 0 Å². The third kappa shape index (κ3) is 2.62. The molecule has 0 fully saturated rings. The van der Waals surface area contributed by atoms with Gasteiger partial charge in [0, 0.05) is 7.05 Å². The number of hydrogen-bond donors (Lipinski definition) is 2. The van der Waals surface area contributed by atoms with Crippen LogP contribution in [0.1, 0.15) is 11.4 Å². The van der Waals surface area contributed by atoms with Gasteiger partial charge in [-0.3, -0.25) is 4.57 Å². The third-order valence-electron chi connectivity index (χ3n) is 2.57. The van der Waals surface area contributed by atoms with E-state index >= 15 is 0 Å². The van der Waals surface area contributed by atoms with E-state index in [9.17, 15) is 0 Å². The first-order chi connectivity index (χ1) is 8.35. The van der Waals surface area contributed by atoms with Crippen molar-refractivity contribution in [2.75, 3.05) is 19.4 Å². The summed E-state index contributed by atoms with van der Waals surface area (Å²) in [6, 6.07) is 10.3. The first-order valence-electron chi connectivity index (χ1n) is 5.63. The number of rotatable bonds is 5. The third-order valence-corrected chi connectivity index (χ3v) is 2.57. The molecule has 2 N–H and O–H groups in total. The van der Waals surface area contributed by atoms with Crippen LogP contribution in [-0.2, 0) is 13.1 Å². The van der Waals surface area contributed by atoms with Crippen LogP contribution in [0.4, 0.5) is 5.95 Å². The number of nitrogens with zero attached hydrogens (tertiary/aromatic N) is 3. The predicted octanol–water partition coefficient (Wildman–Crippen LogP) is 1.09. The number of anilines is 1. The van der Waals surface area contributed by atoms with Gasteiger partial charge in [0.2, 0.25) is 5.95 Å². The predicted molar refractivity (Wildman–Crippen MR) is 67.9 cm³/mol. The first-order valence-corrected chi connectivity index (χ1v) is 5.63.